The minimum atomic E-state index is -0.701. The first kappa shape index (κ1) is 21.4. The number of benzene rings is 3. The van der Waals surface area contributed by atoms with Gasteiger partial charge < -0.3 is 18.7 Å². The average molecular weight is 430 g/mol. The molecule has 0 N–H and O–H groups in total. The lowest BCUT2D eigenvalue weighted by Crippen LogP contribution is -2.21. The van der Waals surface area contributed by atoms with E-state index >= 15 is 0 Å². The minimum Gasteiger partial charge on any atom is -0.491 e. The monoisotopic (exact) mass is 430 g/mol. The summed E-state index contributed by atoms with van der Waals surface area (Å²) in [5, 5.41) is 1.86. The standard InChI is InChI=1S/C22H23O5PS/c1-2-24-22(23)26-20-12-6-11-19-18(20)10-7-13-21(19)29-15-17(27-28)14-25-16-8-4-3-5-9-16/h3-13,17H,2,14-15,28H2,1H3. The summed E-state index contributed by atoms with van der Waals surface area (Å²) in [4.78, 5) is 12.8. The summed E-state index contributed by atoms with van der Waals surface area (Å²) in [5.74, 6) is 2.00. The number of fused-ring (bicyclic) bond motifs is 1. The molecule has 152 valence electrons. The molecular weight excluding hydrogens is 407 g/mol. The van der Waals surface area contributed by atoms with Gasteiger partial charge in [0.25, 0.3) is 0 Å². The summed E-state index contributed by atoms with van der Waals surface area (Å²) in [6.45, 7) is 2.46. The third kappa shape index (κ3) is 6.10. The predicted molar refractivity (Wildman–Crippen MR) is 119 cm³/mol. The molecule has 0 heterocycles. The summed E-state index contributed by atoms with van der Waals surface area (Å²) >= 11 is 1.67. The highest BCUT2D eigenvalue weighted by Crippen LogP contribution is 2.34. The molecule has 0 bridgehead atoms. The van der Waals surface area contributed by atoms with Crippen molar-refractivity contribution in [2.24, 2.45) is 0 Å². The number of carbonyl (C=O) groups is 1. The van der Waals surface area contributed by atoms with E-state index in [-0.39, 0.29) is 12.7 Å². The Morgan fingerprint density at radius 3 is 2.52 bits per heavy atom. The van der Waals surface area contributed by atoms with Crippen molar-refractivity contribution < 1.29 is 23.5 Å². The van der Waals surface area contributed by atoms with Crippen LogP contribution in [0.25, 0.3) is 10.8 Å². The molecular formula is C22H23O5PS. The lowest BCUT2D eigenvalue weighted by molar-refractivity contribution is 0.105. The Morgan fingerprint density at radius 1 is 1.00 bits per heavy atom. The maximum absolute atomic E-state index is 11.7. The zero-order valence-electron chi connectivity index (χ0n) is 16.1. The number of hydrogen-bond acceptors (Lipinski definition) is 6. The van der Waals surface area contributed by atoms with Gasteiger partial charge in [-0.2, -0.15) is 0 Å². The zero-order chi connectivity index (χ0) is 20.5. The third-order valence-corrected chi connectivity index (χ3v) is 5.68. The second-order valence-electron chi connectivity index (χ2n) is 6.09. The lowest BCUT2D eigenvalue weighted by Gasteiger charge is -2.16. The van der Waals surface area contributed by atoms with Crippen molar-refractivity contribution in [3.63, 3.8) is 0 Å². The smallest absolute Gasteiger partial charge is 0.491 e. The van der Waals surface area contributed by atoms with Crippen LogP contribution in [0.1, 0.15) is 6.92 Å². The molecule has 2 unspecified atom stereocenters. The van der Waals surface area contributed by atoms with Gasteiger partial charge >= 0.3 is 6.16 Å². The van der Waals surface area contributed by atoms with Crippen LogP contribution in [0.5, 0.6) is 11.5 Å². The van der Waals surface area contributed by atoms with E-state index in [0.717, 1.165) is 21.4 Å². The number of ether oxygens (including phenoxy) is 3. The average Bonchev–Trinajstić information content (AvgIpc) is 2.75. The maximum atomic E-state index is 11.7. The van der Waals surface area contributed by atoms with Crippen molar-refractivity contribution >= 4 is 38.2 Å². The summed E-state index contributed by atoms with van der Waals surface area (Å²) in [6, 6.07) is 21.2. The Hall–Kier alpha value is -2.27. The van der Waals surface area contributed by atoms with E-state index in [1.807, 2.05) is 60.7 Å². The first-order valence-electron chi connectivity index (χ1n) is 9.23. The molecule has 29 heavy (non-hydrogen) atoms. The van der Waals surface area contributed by atoms with Gasteiger partial charge in [0.05, 0.1) is 6.61 Å². The van der Waals surface area contributed by atoms with Crippen molar-refractivity contribution in [2.75, 3.05) is 19.0 Å². The lowest BCUT2D eigenvalue weighted by atomic mass is 10.1. The van der Waals surface area contributed by atoms with Crippen LogP contribution in [0.3, 0.4) is 0 Å². The zero-order valence-corrected chi connectivity index (χ0v) is 18.0. The molecule has 3 rings (SSSR count). The molecule has 0 aliphatic heterocycles. The number of para-hydroxylation sites is 1. The topological polar surface area (TPSA) is 54.0 Å². The predicted octanol–water partition coefficient (Wildman–Crippen LogP) is 5.72. The van der Waals surface area contributed by atoms with Crippen molar-refractivity contribution in [3.8, 4) is 11.5 Å². The Bertz CT molecular complexity index is 935. The number of rotatable bonds is 9. The number of thioether (sulfide) groups is 1. The van der Waals surface area contributed by atoms with Gasteiger partial charge in [0.2, 0.25) is 0 Å². The highest BCUT2D eigenvalue weighted by Gasteiger charge is 2.14. The van der Waals surface area contributed by atoms with Gasteiger partial charge in [-0.3, -0.25) is 0 Å². The summed E-state index contributed by atoms with van der Waals surface area (Å²) < 4.78 is 21.5. The van der Waals surface area contributed by atoms with E-state index in [4.69, 9.17) is 18.7 Å². The van der Waals surface area contributed by atoms with Crippen LogP contribution in [0, 0.1) is 0 Å². The molecule has 0 saturated heterocycles. The number of hydrogen-bond donors (Lipinski definition) is 0. The van der Waals surface area contributed by atoms with Crippen LogP contribution in [0.4, 0.5) is 4.79 Å². The van der Waals surface area contributed by atoms with Gasteiger partial charge in [0, 0.05) is 25.5 Å². The fourth-order valence-electron chi connectivity index (χ4n) is 2.72. The molecule has 3 aromatic rings. The van der Waals surface area contributed by atoms with E-state index in [2.05, 4.69) is 9.47 Å². The SMILES string of the molecule is CCOC(=O)Oc1cccc2c(SCC(COc3ccccc3)OP)cccc12. The van der Waals surface area contributed by atoms with Gasteiger partial charge in [-0.25, -0.2) is 4.79 Å². The summed E-state index contributed by atoms with van der Waals surface area (Å²) in [5.41, 5.74) is 0. The fourth-order valence-corrected chi connectivity index (χ4v) is 4.08. The van der Waals surface area contributed by atoms with E-state index in [1.165, 1.54) is 0 Å². The fraction of sp³-hybridized carbons (Fsp3) is 0.227. The molecule has 5 nitrogen and oxygen atoms in total. The molecule has 0 aromatic heterocycles. The normalized spacial score (nSPS) is 11.8. The van der Waals surface area contributed by atoms with Gasteiger partial charge in [0.1, 0.15) is 24.2 Å². The molecule has 2 atom stereocenters. The minimum absolute atomic E-state index is 0.0978. The molecule has 0 saturated carbocycles. The van der Waals surface area contributed by atoms with Gasteiger partial charge in [0.15, 0.2) is 0 Å². The van der Waals surface area contributed by atoms with Gasteiger partial charge in [-0.05, 0) is 36.6 Å². The molecule has 0 spiro atoms. The van der Waals surface area contributed by atoms with E-state index in [9.17, 15) is 4.79 Å². The van der Waals surface area contributed by atoms with Crippen LogP contribution >= 0.6 is 21.2 Å². The van der Waals surface area contributed by atoms with Crippen LogP contribution < -0.4 is 9.47 Å². The van der Waals surface area contributed by atoms with E-state index in [0.29, 0.717) is 18.1 Å². The Labute approximate surface area is 177 Å². The first-order chi connectivity index (χ1) is 14.2. The van der Waals surface area contributed by atoms with Gasteiger partial charge in [-0.1, -0.05) is 42.5 Å². The first-order valence-corrected chi connectivity index (χ1v) is 10.7. The highest BCUT2D eigenvalue weighted by molar-refractivity contribution is 7.99. The van der Waals surface area contributed by atoms with Crippen molar-refractivity contribution in [2.45, 2.75) is 17.9 Å². The van der Waals surface area contributed by atoms with E-state index < -0.39 is 6.16 Å². The van der Waals surface area contributed by atoms with Gasteiger partial charge in [-0.15, -0.1) is 11.8 Å². The molecule has 7 heteroatoms. The molecule has 0 radical (unpaired) electrons. The van der Waals surface area contributed by atoms with Crippen LogP contribution in [-0.2, 0) is 9.26 Å². The quantitative estimate of drug-likeness (QED) is 0.187. The maximum Gasteiger partial charge on any atom is 0.513 e. The number of carbonyl (C=O) groups excluding carboxylic acids is 1. The highest BCUT2D eigenvalue weighted by atomic mass is 32.2. The molecule has 0 aliphatic rings. The molecule has 3 aromatic carbocycles. The molecule has 0 fully saturated rings. The summed E-state index contributed by atoms with van der Waals surface area (Å²) in [6.07, 6.45) is -0.799. The van der Waals surface area contributed by atoms with Crippen LogP contribution in [0.15, 0.2) is 71.6 Å². The third-order valence-electron chi connectivity index (χ3n) is 4.09. The Balaban J connectivity index is 1.68. The van der Waals surface area contributed by atoms with Crippen molar-refractivity contribution in [1.82, 2.24) is 0 Å². The van der Waals surface area contributed by atoms with E-state index in [1.54, 1.807) is 24.8 Å². The van der Waals surface area contributed by atoms with Crippen molar-refractivity contribution in [1.29, 1.82) is 0 Å². The Morgan fingerprint density at radius 2 is 1.76 bits per heavy atom. The molecule has 0 aliphatic carbocycles. The summed E-state index contributed by atoms with van der Waals surface area (Å²) in [7, 11) is 2.32. The largest absolute Gasteiger partial charge is 0.513 e. The second kappa shape index (κ2) is 11.1. The Kier molecular flexibility index (Phi) is 8.17. The van der Waals surface area contributed by atoms with Crippen LogP contribution in [-0.4, -0.2) is 31.2 Å². The molecule has 0 amide bonds. The second-order valence-corrected chi connectivity index (χ2v) is 7.42. The van der Waals surface area contributed by atoms with Crippen LogP contribution in [0.2, 0.25) is 0 Å². The van der Waals surface area contributed by atoms with Crippen molar-refractivity contribution in [3.05, 3.63) is 66.7 Å².